The normalized spacial score (nSPS) is 10.7. The monoisotopic (exact) mass is 321 g/mol. The summed E-state index contributed by atoms with van der Waals surface area (Å²) in [5.74, 6) is 0.244. The van der Waals surface area contributed by atoms with E-state index in [0.29, 0.717) is 10.0 Å². The number of aromatic nitrogens is 1. The summed E-state index contributed by atoms with van der Waals surface area (Å²) in [6.07, 6.45) is 0. The molecule has 0 amide bonds. The number of halogens is 2. The number of rotatable bonds is 2. The molecule has 3 rings (SSSR count). The van der Waals surface area contributed by atoms with Gasteiger partial charge < -0.3 is 5.11 Å². The second-order valence-electron chi connectivity index (χ2n) is 4.21. The lowest BCUT2D eigenvalue weighted by molar-refractivity contribution is 0.475. The van der Waals surface area contributed by atoms with Crippen molar-refractivity contribution in [2.45, 2.75) is 0 Å². The quantitative estimate of drug-likeness (QED) is 0.677. The number of phenols is 1. The zero-order valence-electron chi connectivity index (χ0n) is 10.2. The molecule has 0 radical (unpaired) electrons. The summed E-state index contributed by atoms with van der Waals surface area (Å²) in [6, 6.07) is 12.4. The Morgan fingerprint density at radius 1 is 0.900 bits per heavy atom. The van der Waals surface area contributed by atoms with Crippen LogP contribution in [-0.2, 0) is 0 Å². The molecule has 0 fully saturated rings. The van der Waals surface area contributed by atoms with Gasteiger partial charge in [-0.1, -0.05) is 29.3 Å². The average Bonchev–Trinajstić information content (AvgIpc) is 2.92. The first-order valence-electron chi connectivity index (χ1n) is 5.84. The molecule has 2 nitrogen and oxygen atoms in total. The van der Waals surface area contributed by atoms with E-state index in [-0.39, 0.29) is 5.75 Å². The van der Waals surface area contributed by atoms with Gasteiger partial charge in [0, 0.05) is 16.5 Å². The smallest absolute Gasteiger partial charge is 0.124 e. The highest BCUT2D eigenvalue weighted by atomic mass is 35.5. The van der Waals surface area contributed by atoms with E-state index < -0.39 is 0 Å². The van der Waals surface area contributed by atoms with E-state index in [1.165, 1.54) is 0 Å². The molecule has 2 aromatic carbocycles. The maximum atomic E-state index is 9.30. The van der Waals surface area contributed by atoms with E-state index in [0.717, 1.165) is 21.8 Å². The van der Waals surface area contributed by atoms with Crippen molar-refractivity contribution in [3.05, 3.63) is 57.9 Å². The predicted octanol–water partition coefficient (Wildman–Crippen LogP) is 5.49. The van der Waals surface area contributed by atoms with Gasteiger partial charge in [0.05, 0.1) is 15.7 Å². The molecule has 1 N–H and O–H groups in total. The van der Waals surface area contributed by atoms with Gasteiger partial charge >= 0.3 is 0 Å². The minimum Gasteiger partial charge on any atom is -0.508 e. The zero-order chi connectivity index (χ0) is 14.1. The molecule has 0 spiro atoms. The summed E-state index contributed by atoms with van der Waals surface area (Å²) in [6.45, 7) is 0. The van der Waals surface area contributed by atoms with E-state index in [2.05, 4.69) is 4.98 Å². The number of thiazole rings is 1. The second-order valence-corrected chi connectivity index (χ2v) is 5.89. The van der Waals surface area contributed by atoms with Crippen LogP contribution < -0.4 is 0 Å². The second kappa shape index (κ2) is 5.44. The number of nitrogens with zero attached hydrogens (tertiary/aromatic N) is 1. The Kier molecular flexibility index (Phi) is 3.66. The maximum Gasteiger partial charge on any atom is 0.124 e. The first kappa shape index (κ1) is 13.4. The lowest BCUT2D eigenvalue weighted by Crippen LogP contribution is -1.80. The molecule has 1 heterocycles. The molecule has 0 saturated heterocycles. The van der Waals surface area contributed by atoms with Gasteiger partial charge in [-0.2, -0.15) is 0 Å². The molecule has 1 aromatic heterocycles. The molecule has 20 heavy (non-hydrogen) atoms. The highest BCUT2D eigenvalue weighted by molar-refractivity contribution is 7.13. The number of hydrogen-bond donors (Lipinski definition) is 1. The highest BCUT2D eigenvalue weighted by Gasteiger charge is 2.08. The molecule has 0 aliphatic carbocycles. The van der Waals surface area contributed by atoms with Gasteiger partial charge in [0.25, 0.3) is 0 Å². The summed E-state index contributed by atoms with van der Waals surface area (Å²) in [7, 11) is 0. The van der Waals surface area contributed by atoms with Crippen LogP contribution in [0.15, 0.2) is 47.8 Å². The van der Waals surface area contributed by atoms with Crippen LogP contribution in [0.2, 0.25) is 10.0 Å². The summed E-state index contributed by atoms with van der Waals surface area (Å²) < 4.78 is 0. The molecule has 0 atom stereocenters. The fraction of sp³-hybridized carbons (Fsp3) is 0. The number of hydrogen-bond acceptors (Lipinski definition) is 3. The maximum absolute atomic E-state index is 9.30. The molecular formula is C15H9Cl2NOS. The first-order chi connectivity index (χ1) is 9.63. The predicted molar refractivity (Wildman–Crippen MR) is 84.7 cm³/mol. The fourth-order valence-electron chi connectivity index (χ4n) is 1.80. The van der Waals surface area contributed by atoms with Crippen molar-refractivity contribution in [1.82, 2.24) is 4.98 Å². The van der Waals surface area contributed by atoms with E-state index >= 15 is 0 Å². The van der Waals surface area contributed by atoms with Crippen molar-refractivity contribution in [2.24, 2.45) is 0 Å². The van der Waals surface area contributed by atoms with E-state index in [1.54, 1.807) is 29.5 Å². The van der Waals surface area contributed by atoms with Crippen LogP contribution >= 0.6 is 34.5 Å². The minimum absolute atomic E-state index is 0.244. The lowest BCUT2D eigenvalue weighted by Gasteiger charge is -1.99. The Bertz CT molecular complexity index is 753. The summed E-state index contributed by atoms with van der Waals surface area (Å²) >= 11 is 13.5. The van der Waals surface area contributed by atoms with Gasteiger partial charge in [0.2, 0.25) is 0 Å². The van der Waals surface area contributed by atoms with Crippen molar-refractivity contribution in [2.75, 3.05) is 0 Å². The van der Waals surface area contributed by atoms with Crippen LogP contribution in [0.5, 0.6) is 5.75 Å². The van der Waals surface area contributed by atoms with Crippen molar-refractivity contribution < 1.29 is 5.11 Å². The Morgan fingerprint density at radius 2 is 1.60 bits per heavy atom. The topological polar surface area (TPSA) is 33.1 Å². The third kappa shape index (κ3) is 2.66. The fourth-order valence-corrected chi connectivity index (χ4v) is 2.92. The van der Waals surface area contributed by atoms with Crippen LogP contribution in [0.3, 0.4) is 0 Å². The molecule has 0 saturated carbocycles. The molecule has 3 aromatic rings. The van der Waals surface area contributed by atoms with Gasteiger partial charge in [0.1, 0.15) is 10.8 Å². The van der Waals surface area contributed by atoms with Crippen LogP contribution in [0.1, 0.15) is 0 Å². The van der Waals surface area contributed by atoms with Crippen molar-refractivity contribution in [3.8, 4) is 27.6 Å². The number of aromatic hydroxyl groups is 1. The third-order valence-corrected chi connectivity index (χ3v) is 4.46. The molecule has 0 aliphatic rings. The summed E-state index contributed by atoms with van der Waals surface area (Å²) in [5.41, 5.74) is 2.77. The van der Waals surface area contributed by atoms with Gasteiger partial charge in [-0.05, 0) is 36.4 Å². The summed E-state index contributed by atoms with van der Waals surface area (Å²) in [4.78, 5) is 4.59. The standard InChI is InChI=1S/C15H9Cl2NOS/c16-12-6-3-10(7-13(12)17)15-18-14(8-20-15)9-1-4-11(19)5-2-9/h1-8,19H. The van der Waals surface area contributed by atoms with Crippen molar-refractivity contribution >= 4 is 34.5 Å². The Morgan fingerprint density at radius 3 is 2.30 bits per heavy atom. The van der Waals surface area contributed by atoms with Crippen LogP contribution in [0, 0.1) is 0 Å². The number of phenolic OH excluding ortho intramolecular Hbond substituents is 1. The molecule has 100 valence electrons. The molecule has 0 aliphatic heterocycles. The zero-order valence-corrected chi connectivity index (χ0v) is 12.5. The SMILES string of the molecule is Oc1ccc(-c2csc(-c3ccc(Cl)c(Cl)c3)n2)cc1. The summed E-state index contributed by atoms with van der Waals surface area (Å²) in [5, 5.41) is 13.2. The van der Waals surface area contributed by atoms with E-state index in [4.69, 9.17) is 23.2 Å². The number of benzene rings is 2. The third-order valence-electron chi connectivity index (χ3n) is 2.83. The largest absolute Gasteiger partial charge is 0.508 e. The molecular weight excluding hydrogens is 313 g/mol. The lowest BCUT2D eigenvalue weighted by atomic mass is 10.1. The van der Waals surface area contributed by atoms with E-state index in [9.17, 15) is 5.11 Å². The van der Waals surface area contributed by atoms with Crippen LogP contribution in [0.4, 0.5) is 0 Å². The van der Waals surface area contributed by atoms with Crippen LogP contribution in [0.25, 0.3) is 21.8 Å². The van der Waals surface area contributed by atoms with Gasteiger partial charge in [-0.15, -0.1) is 11.3 Å². The van der Waals surface area contributed by atoms with Gasteiger partial charge in [-0.3, -0.25) is 0 Å². The van der Waals surface area contributed by atoms with Crippen molar-refractivity contribution in [1.29, 1.82) is 0 Å². The average molecular weight is 322 g/mol. The first-order valence-corrected chi connectivity index (χ1v) is 7.47. The molecule has 0 bridgehead atoms. The van der Waals surface area contributed by atoms with Crippen molar-refractivity contribution in [3.63, 3.8) is 0 Å². The van der Waals surface area contributed by atoms with Gasteiger partial charge in [-0.25, -0.2) is 4.98 Å². The van der Waals surface area contributed by atoms with Gasteiger partial charge in [0.15, 0.2) is 0 Å². The molecule has 5 heteroatoms. The minimum atomic E-state index is 0.244. The van der Waals surface area contributed by atoms with Crippen LogP contribution in [-0.4, -0.2) is 10.1 Å². The Hall–Kier alpha value is -1.55. The molecule has 0 unspecified atom stereocenters. The highest BCUT2D eigenvalue weighted by Crippen LogP contribution is 2.32. The Labute approximate surface area is 130 Å². The van der Waals surface area contributed by atoms with E-state index in [1.807, 2.05) is 29.6 Å². The Balaban J connectivity index is 1.97.